The molecular formula is C12H10Br2FN3. The molecular weight excluding hydrogens is 365 g/mol. The first kappa shape index (κ1) is 13.4. The van der Waals surface area contributed by atoms with Crippen LogP contribution in [0.15, 0.2) is 33.3 Å². The van der Waals surface area contributed by atoms with E-state index in [-0.39, 0.29) is 5.82 Å². The summed E-state index contributed by atoms with van der Waals surface area (Å²) in [6.45, 7) is 2.73. The van der Waals surface area contributed by atoms with Gasteiger partial charge < -0.3 is 5.32 Å². The number of hydrogen-bond acceptors (Lipinski definition) is 3. The largest absolute Gasteiger partial charge is 0.369 e. The monoisotopic (exact) mass is 373 g/mol. The highest BCUT2D eigenvalue weighted by Gasteiger charge is 2.08. The first-order valence-electron chi connectivity index (χ1n) is 5.33. The van der Waals surface area contributed by atoms with Crippen LogP contribution < -0.4 is 5.32 Å². The zero-order chi connectivity index (χ0) is 13.1. The lowest BCUT2D eigenvalue weighted by atomic mass is 10.2. The maximum absolute atomic E-state index is 13.3. The van der Waals surface area contributed by atoms with E-state index in [2.05, 4.69) is 47.1 Å². The molecule has 0 unspecified atom stereocenters. The second-order valence-electron chi connectivity index (χ2n) is 3.58. The number of aromatic nitrogens is 2. The highest BCUT2D eigenvalue weighted by molar-refractivity contribution is 9.10. The number of nitrogens with zero attached hydrogens (tertiary/aromatic N) is 2. The molecule has 0 atom stereocenters. The molecule has 0 amide bonds. The molecule has 1 N–H and O–H groups in total. The number of nitrogens with one attached hydrogen (secondary N) is 1. The van der Waals surface area contributed by atoms with Crippen molar-refractivity contribution in [1.82, 2.24) is 9.97 Å². The van der Waals surface area contributed by atoms with E-state index >= 15 is 0 Å². The molecule has 2 aromatic rings. The average molecular weight is 375 g/mol. The minimum Gasteiger partial charge on any atom is -0.369 e. The summed E-state index contributed by atoms with van der Waals surface area (Å²) >= 11 is 6.62. The molecule has 0 radical (unpaired) electrons. The summed E-state index contributed by atoms with van der Waals surface area (Å²) < 4.78 is 14.8. The van der Waals surface area contributed by atoms with Crippen LogP contribution in [0.25, 0.3) is 11.4 Å². The van der Waals surface area contributed by atoms with Crippen molar-refractivity contribution in [2.24, 2.45) is 0 Å². The lowest BCUT2D eigenvalue weighted by molar-refractivity contribution is 0.627. The number of rotatable bonds is 3. The lowest BCUT2D eigenvalue weighted by Crippen LogP contribution is -2.02. The minimum absolute atomic E-state index is 0.323. The fourth-order valence-corrected chi connectivity index (χ4v) is 2.28. The second kappa shape index (κ2) is 5.75. The van der Waals surface area contributed by atoms with Crippen LogP contribution in [0.1, 0.15) is 6.92 Å². The van der Waals surface area contributed by atoms with Crippen molar-refractivity contribution in [2.75, 3.05) is 11.9 Å². The quantitative estimate of drug-likeness (QED) is 0.873. The Hall–Kier alpha value is -1.01. The number of benzene rings is 1. The predicted molar refractivity (Wildman–Crippen MR) is 77.0 cm³/mol. The van der Waals surface area contributed by atoms with Crippen LogP contribution in [-0.2, 0) is 0 Å². The van der Waals surface area contributed by atoms with Gasteiger partial charge in [-0.15, -0.1) is 0 Å². The van der Waals surface area contributed by atoms with Crippen molar-refractivity contribution in [3.05, 3.63) is 39.2 Å². The van der Waals surface area contributed by atoms with Gasteiger partial charge in [0.2, 0.25) is 0 Å². The van der Waals surface area contributed by atoms with Gasteiger partial charge >= 0.3 is 0 Å². The molecule has 6 heteroatoms. The Morgan fingerprint density at radius 1 is 1.28 bits per heavy atom. The summed E-state index contributed by atoms with van der Waals surface area (Å²) in [7, 11) is 0. The fourth-order valence-electron chi connectivity index (χ4n) is 1.48. The third kappa shape index (κ3) is 3.05. The smallest absolute Gasteiger partial charge is 0.161 e. The first-order valence-corrected chi connectivity index (χ1v) is 6.91. The predicted octanol–water partition coefficient (Wildman–Crippen LogP) is 4.24. The molecule has 0 aliphatic heterocycles. The van der Waals surface area contributed by atoms with E-state index in [9.17, 15) is 4.39 Å². The molecule has 1 aromatic heterocycles. The maximum Gasteiger partial charge on any atom is 0.161 e. The molecule has 1 aromatic carbocycles. The summed E-state index contributed by atoms with van der Waals surface area (Å²) in [4.78, 5) is 8.55. The Kier molecular flexibility index (Phi) is 4.29. The molecule has 2 rings (SSSR count). The average Bonchev–Trinajstić information content (AvgIpc) is 2.31. The standard InChI is InChI=1S/C12H10Br2FN3/c1-2-16-12-10(14)6-17-11(18-12)7-3-8(13)5-9(15)4-7/h3-6H,2H2,1H3,(H,16,17,18). The molecule has 0 spiro atoms. The third-order valence-corrected chi connectivity index (χ3v) is 3.25. The lowest BCUT2D eigenvalue weighted by Gasteiger charge is -2.07. The number of anilines is 1. The third-order valence-electron chi connectivity index (χ3n) is 2.21. The van der Waals surface area contributed by atoms with Gasteiger partial charge in [0, 0.05) is 22.8 Å². The van der Waals surface area contributed by atoms with Crippen molar-refractivity contribution in [1.29, 1.82) is 0 Å². The van der Waals surface area contributed by atoms with Crippen molar-refractivity contribution in [3.63, 3.8) is 0 Å². The SMILES string of the molecule is CCNc1nc(-c2cc(F)cc(Br)c2)ncc1Br. The molecule has 18 heavy (non-hydrogen) atoms. The summed E-state index contributed by atoms with van der Waals surface area (Å²) in [5.74, 6) is 0.855. The van der Waals surface area contributed by atoms with Crippen LogP contribution in [0.4, 0.5) is 10.2 Å². The van der Waals surface area contributed by atoms with Crippen LogP contribution in [0.3, 0.4) is 0 Å². The van der Waals surface area contributed by atoms with Crippen molar-refractivity contribution >= 4 is 37.7 Å². The highest BCUT2D eigenvalue weighted by atomic mass is 79.9. The topological polar surface area (TPSA) is 37.8 Å². The summed E-state index contributed by atoms with van der Waals surface area (Å²) in [5, 5.41) is 3.11. The molecule has 0 aliphatic carbocycles. The first-order chi connectivity index (χ1) is 8.60. The molecule has 3 nitrogen and oxygen atoms in total. The minimum atomic E-state index is -0.323. The van der Waals surface area contributed by atoms with Gasteiger partial charge in [-0.05, 0) is 41.1 Å². The fraction of sp³-hybridized carbons (Fsp3) is 0.167. The van der Waals surface area contributed by atoms with Gasteiger partial charge in [0.25, 0.3) is 0 Å². The highest BCUT2D eigenvalue weighted by Crippen LogP contribution is 2.25. The van der Waals surface area contributed by atoms with Crippen molar-refractivity contribution < 1.29 is 4.39 Å². The maximum atomic E-state index is 13.3. The Morgan fingerprint density at radius 2 is 2.06 bits per heavy atom. The van der Waals surface area contributed by atoms with Crippen molar-refractivity contribution in [2.45, 2.75) is 6.92 Å². The van der Waals surface area contributed by atoms with Gasteiger partial charge in [-0.1, -0.05) is 15.9 Å². The normalized spacial score (nSPS) is 10.4. The summed E-state index contributed by atoms with van der Waals surface area (Å²) in [6, 6.07) is 4.58. The molecule has 0 saturated heterocycles. The molecule has 0 fully saturated rings. The van der Waals surface area contributed by atoms with Gasteiger partial charge in [0.15, 0.2) is 5.82 Å². The Labute approximate surface area is 121 Å². The molecule has 1 heterocycles. The van der Waals surface area contributed by atoms with Crippen molar-refractivity contribution in [3.8, 4) is 11.4 Å². The van der Waals surface area contributed by atoms with E-state index in [1.165, 1.54) is 12.1 Å². The zero-order valence-electron chi connectivity index (χ0n) is 9.54. The molecule has 0 saturated carbocycles. The van der Waals surface area contributed by atoms with Crippen LogP contribution in [0.2, 0.25) is 0 Å². The van der Waals surface area contributed by atoms with Gasteiger partial charge in [-0.2, -0.15) is 0 Å². The Bertz CT molecular complexity index is 555. The Balaban J connectivity index is 2.47. The molecule has 0 aliphatic rings. The van der Waals surface area contributed by atoms with Gasteiger partial charge in [-0.3, -0.25) is 0 Å². The van der Waals surface area contributed by atoms with Crippen LogP contribution in [-0.4, -0.2) is 16.5 Å². The van der Waals surface area contributed by atoms with Gasteiger partial charge in [0.05, 0.1) is 4.47 Å². The van der Waals surface area contributed by atoms with E-state index in [1.54, 1.807) is 12.3 Å². The Morgan fingerprint density at radius 3 is 2.72 bits per heavy atom. The van der Waals surface area contributed by atoms with E-state index in [4.69, 9.17) is 0 Å². The van der Waals surface area contributed by atoms with E-state index < -0.39 is 0 Å². The van der Waals surface area contributed by atoms with Crippen LogP contribution in [0, 0.1) is 5.82 Å². The van der Waals surface area contributed by atoms with Gasteiger partial charge in [0.1, 0.15) is 11.6 Å². The molecule has 94 valence electrons. The molecule has 0 bridgehead atoms. The van der Waals surface area contributed by atoms with Crippen LogP contribution in [0.5, 0.6) is 0 Å². The van der Waals surface area contributed by atoms with E-state index in [0.29, 0.717) is 21.7 Å². The second-order valence-corrected chi connectivity index (χ2v) is 5.35. The summed E-state index contributed by atoms with van der Waals surface area (Å²) in [5.41, 5.74) is 0.633. The number of hydrogen-bond donors (Lipinski definition) is 1. The van der Waals surface area contributed by atoms with Crippen LogP contribution >= 0.6 is 31.9 Å². The van der Waals surface area contributed by atoms with E-state index in [1.807, 2.05) is 6.92 Å². The van der Waals surface area contributed by atoms with E-state index in [0.717, 1.165) is 11.0 Å². The zero-order valence-corrected chi connectivity index (χ0v) is 12.7. The number of halogens is 3. The summed E-state index contributed by atoms with van der Waals surface area (Å²) in [6.07, 6.45) is 1.65. The van der Waals surface area contributed by atoms with Gasteiger partial charge in [-0.25, -0.2) is 14.4 Å².